The summed E-state index contributed by atoms with van der Waals surface area (Å²) in [5.74, 6) is -0.356. The van der Waals surface area contributed by atoms with Crippen LogP contribution in [-0.4, -0.2) is 26.4 Å². The molecule has 1 aromatic carbocycles. The van der Waals surface area contributed by atoms with E-state index in [0.717, 1.165) is 35.3 Å². The van der Waals surface area contributed by atoms with Crippen molar-refractivity contribution in [1.82, 2.24) is 14.9 Å². The highest BCUT2D eigenvalue weighted by Gasteiger charge is 2.33. The van der Waals surface area contributed by atoms with Gasteiger partial charge in [0.1, 0.15) is 0 Å². The Morgan fingerprint density at radius 1 is 0.967 bits per heavy atom. The number of benzene rings is 1. The summed E-state index contributed by atoms with van der Waals surface area (Å²) in [6.45, 7) is 1.57. The van der Waals surface area contributed by atoms with E-state index in [-0.39, 0.29) is 17.1 Å². The fourth-order valence-electron chi connectivity index (χ4n) is 4.46. The molecule has 0 fully saturated rings. The lowest BCUT2D eigenvalue weighted by molar-refractivity contribution is 0.0988. The molecule has 144 valence electrons. The molecule has 0 N–H and O–H groups in total. The van der Waals surface area contributed by atoms with Crippen molar-refractivity contribution in [3.63, 3.8) is 0 Å². The number of hydrogen-bond acceptors (Lipinski definition) is 5. The third-order valence-corrected chi connectivity index (χ3v) is 6.00. The van der Waals surface area contributed by atoms with Gasteiger partial charge in [0, 0.05) is 47.6 Å². The number of hydrogen-bond donors (Lipinski definition) is 0. The van der Waals surface area contributed by atoms with Crippen LogP contribution in [0.5, 0.6) is 0 Å². The number of pyridine rings is 2. The maximum atomic E-state index is 12.6. The lowest BCUT2D eigenvalue weighted by Gasteiger charge is -2.19. The highest BCUT2D eigenvalue weighted by Crippen LogP contribution is 2.34. The average Bonchev–Trinajstić information content (AvgIpc) is 3.46. The van der Waals surface area contributed by atoms with Crippen molar-refractivity contribution in [2.75, 3.05) is 0 Å². The molecule has 0 saturated heterocycles. The monoisotopic (exact) mass is 391 g/mol. The molecule has 3 heterocycles. The first kappa shape index (κ1) is 17.0. The molecular weight excluding hydrogens is 374 g/mol. The van der Waals surface area contributed by atoms with E-state index in [0.29, 0.717) is 17.5 Å². The Balaban J connectivity index is 1.21. The van der Waals surface area contributed by atoms with Crippen LogP contribution in [0.15, 0.2) is 83.9 Å². The number of aromatic nitrogens is 2. The average molecular weight is 391 g/mol. The molecule has 3 aliphatic rings. The zero-order chi connectivity index (χ0) is 20.2. The normalized spacial score (nSPS) is 17.3. The Labute approximate surface area is 173 Å². The van der Waals surface area contributed by atoms with Crippen LogP contribution in [0.4, 0.5) is 0 Å². The Hall–Kier alpha value is -3.86. The van der Waals surface area contributed by atoms with Gasteiger partial charge < -0.3 is 4.90 Å². The second kappa shape index (κ2) is 6.32. The number of allylic oxidation sites excluding steroid dienone is 5. The molecule has 0 radical (unpaired) electrons. The molecule has 0 saturated carbocycles. The van der Waals surface area contributed by atoms with Gasteiger partial charge in [0.05, 0.1) is 23.3 Å². The predicted octanol–water partition coefficient (Wildman–Crippen LogP) is 4.17. The highest BCUT2D eigenvalue weighted by molar-refractivity contribution is 6.39. The summed E-state index contributed by atoms with van der Waals surface area (Å²) in [5, 5.41) is 1.06. The summed E-state index contributed by atoms with van der Waals surface area (Å²) < 4.78 is 0. The molecule has 1 aliphatic heterocycles. The van der Waals surface area contributed by atoms with E-state index < -0.39 is 0 Å². The summed E-state index contributed by atoms with van der Waals surface area (Å²) in [7, 11) is 0. The molecule has 3 aromatic rings. The van der Waals surface area contributed by atoms with Crippen LogP contribution < -0.4 is 0 Å². The number of carbonyl (C=O) groups excluding carboxylic acids is 2. The van der Waals surface area contributed by atoms with Crippen molar-refractivity contribution in [3.05, 3.63) is 106 Å². The zero-order valence-electron chi connectivity index (χ0n) is 16.1. The smallest absolute Gasteiger partial charge is 0.197 e. The largest absolute Gasteiger partial charge is 0.364 e. The van der Waals surface area contributed by atoms with Gasteiger partial charge in [0.25, 0.3) is 0 Å². The first-order chi connectivity index (χ1) is 14.7. The van der Waals surface area contributed by atoms with Gasteiger partial charge in [-0.2, -0.15) is 0 Å². The van der Waals surface area contributed by atoms with Crippen LogP contribution in [0.25, 0.3) is 10.9 Å². The van der Waals surface area contributed by atoms with Gasteiger partial charge in [0.2, 0.25) is 0 Å². The lowest BCUT2D eigenvalue weighted by Crippen LogP contribution is -2.15. The Morgan fingerprint density at radius 2 is 1.77 bits per heavy atom. The summed E-state index contributed by atoms with van der Waals surface area (Å²) in [5.41, 5.74) is 6.71. The van der Waals surface area contributed by atoms with Crippen molar-refractivity contribution in [3.8, 4) is 0 Å². The van der Waals surface area contributed by atoms with Crippen LogP contribution in [-0.2, 0) is 13.1 Å². The van der Waals surface area contributed by atoms with Gasteiger partial charge in [-0.3, -0.25) is 19.6 Å². The predicted molar refractivity (Wildman–Crippen MR) is 113 cm³/mol. The minimum Gasteiger partial charge on any atom is -0.364 e. The third-order valence-electron chi connectivity index (χ3n) is 6.00. The first-order valence-electron chi connectivity index (χ1n) is 9.95. The molecule has 6 rings (SSSR count). The second-order valence-electron chi connectivity index (χ2n) is 7.86. The lowest BCUT2D eigenvalue weighted by atomic mass is 10.1. The summed E-state index contributed by atoms with van der Waals surface area (Å²) in [4.78, 5) is 36.6. The summed E-state index contributed by atoms with van der Waals surface area (Å²) in [6.07, 6.45) is 10.2. The van der Waals surface area contributed by atoms with Gasteiger partial charge in [-0.05, 0) is 35.4 Å². The van der Waals surface area contributed by atoms with Gasteiger partial charge >= 0.3 is 0 Å². The molecule has 0 atom stereocenters. The van der Waals surface area contributed by atoms with Crippen LogP contribution in [0.3, 0.4) is 0 Å². The molecule has 0 spiro atoms. The molecule has 0 unspecified atom stereocenters. The standard InChI is InChI=1S/C25H17N3O2/c29-24-19-3-1-2-4-20(19)25(30)21(24)10-15-5-6-18(9-15)28-13-17-11-16-12-26-8-7-22(16)27-23(17)14-28/h1-8,10-12H,9,13-14H2. The van der Waals surface area contributed by atoms with E-state index in [9.17, 15) is 9.59 Å². The fraction of sp³-hybridized carbons (Fsp3) is 0.120. The van der Waals surface area contributed by atoms with E-state index in [1.54, 1.807) is 36.5 Å². The van der Waals surface area contributed by atoms with E-state index in [4.69, 9.17) is 4.98 Å². The van der Waals surface area contributed by atoms with E-state index in [1.807, 2.05) is 18.3 Å². The fourth-order valence-corrected chi connectivity index (χ4v) is 4.46. The SMILES string of the molecule is O=C1C(=CC2=CC=C(N3Cc4cc5cnccc5nc4C3)C2)C(=O)c2ccccc21. The molecule has 30 heavy (non-hydrogen) atoms. The van der Waals surface area contributed by atoms with Crippen LogP contribution >= 0.6 is 0 Å². The number of ketones is 2. The van der Waals surface area contributed by atoms with Crippen LogP contribution in [0.2, 0.25) is 0 Å². The van der Waals surface area contributed by atoms with Gasteiger partial charge in [0.15, 0.2) is 11.6 Å². The zero-order valence-corrected chi connectivity index (χ0v) is 16.1. The topological polar surface area (TPSA) is 63.2 Å². The maximum Gasteiger partial charge on any atom is 0.197 e. The number of carbonyl (C=O) groups is 2. The van der Waals surface area contributed by atoms with Gasteiger partial charge in [-0.15, -0.1) is 0 Å². The quantitative estimate of drug-likeness (QED) is 0.485. The maximum absolute atomic E-state index is 12.6. The van der Waals surface area contributed by atoms with E-state index >= 15 is 0 Å². The van der Waals surface area contributed by atoms with Crippen molar-refractivity contribution >= 4 is 22.5 Å². The number of nitrogens with zero attached hydrogens (tertiary/aromatic N) is 3. The number of Topliss-reactive ketones (excluding diaryl/α,β-unsaturated/α-hetero) is 2. The molecular formula is C25H17N3O2. The van der Waals surface area contributed by atoms with Gasteiger partial charge in [-0.1, -0.05) is 30.3 Å². The minimum atomic E-state index is -0.178. The van der Waals surface area contributed by atoms with Crippen LogP contribution in [0.1, 0.15) is 38.4 Å². The molecule has 2 aliphatic carbocycles. The molecule has 5 nitrogen and oxygen atoms in total. The Morgan fingerprint density at radius 3 is 2.57 bits per heavy atom. The molecule has 0 amide bonds. The molecule has 5 heteroatoms. The minimum absolute atomic E-state index is 0.178. The Kier molecular flexibility index (Phi) is 3.59. The van der Waals surface area contributed by atoms with E-state index in [2.05, 4.69) is 22.0 Å². The summed E-state index contributed by atoms with van der Waals surface area (Å²) in [6, 6.07) is 11.1. The third kappa shape index (κ3) is 2.55. The molecule has 2 aromatic heterocycles. The number of rotatable bonds is 2. The van der Waals surface area contributed by atoms with Crippen molar-refractivity contribution < 1.29 is 9.59 Å². The van der Waals surface area contributed by atoms with Crippen molar-refractivity contribution in [1.29, 1.82) is 0 Å². The van der Waals surface area contributed by atoms with Crippen molar-refractivity contribution in [2.45, 2.75) is 19.5 Å². The Bertz CT molecular complexity index is 1280. The second-order valence-corrected chi connectivity index (χ2v) is 7.86. The van der Waals surface area contributed by atoms with Crippen molar-refractivity contribution in [2.24, 2.45) is 0 Å². The summed E-state index contributed by atoms with van der Waals surface area (Å²) >= 11 is 0. The molecule has 0 bridgehead atoms. The highest BCUT2D eigenvalue weighted by atomic mass is 16.2. The van der Waals surface area contributed by atoms with E-state index in [1.165, 1.54) is 11.3 Å². The first-order valence-corrected chi connectivity index (χ1v) is 9.95. The number of fused-ring (bicyclic) bond motifs is 3. The van der Waals surface area contributed by atoms with Crippen LogP contribution in [0, 0.1) is 0 Å². The van der Waals surface area contributed by atoms with Gasteiger partial charge in [-0.25, -0.2) is 0 Å².